The van der Waals surface area contributed by atoms with Crippen LogP contribution >= 0.6 is 24.0 Å². The predicted molar refractivity (Wildman–Crippen MR) is 111 cm³/mol. The Morgan fingerprint density at radius 2 is 2.08 bits per heavy atom. The highest BCUT2D eigenvalue weighted by Crippen LogP contribution is 2.41. The maximum Gasteiger partial charge on any atom is 0.191 e. The number of sulfone groups is 1. The minimum atomic E-state index is -2.97. The van der Waals surface area contributed by atoms with Gasteiger partial charge in [0, 0.05) is 30.8 Å². The molecule has 1 saturated carbocycles. The summed E-state index contributed by atoms with van der Waals surface area (Å²) in [6.45, 7) is 4.48. The first-order valence-corrected chi connectivity index (χ1v) is 10.4. The van der Waals surface area contributed by atoms with Gasteiger partial charge in [0.25, 0.3) is 0 Å². The zero-order valence-corrected chi connectivity index (χ0v) is 18.0. The lowest BCUT2D eigenvalue weighted by Gasteiger charge is -2.18. The lowest BCUT2D eigenvalue weighted by atomic mass is 10.1. The number of guanidine groups is 1. The quantitative estimate of drug-likeness (QED) is 0.356. The lowest BCUT2D eigenvalue weighted by molar-refractivity contribution is 0.580. The van der Waals surface area contributed by atoms with Gasteiger partial charge in [-0.2, -0.15) is 0 Å². The van der Waals surface area contributed by atoms with Crippen LogP contribution in [-0.4, -0.2) is 45.0 Å². The molecule has 1 aliphatic rings. The second kappa shape index (κ2) is 9.70. The minimum absolute atomic E-state index is 0. The Balaban J connectivity index is 0.00000312. The van der Waals surface area contributed by atoms with Crippen LogP contribution in [0.4, 0.5) is 4.39 Å². The molecular formula is C17H27FIN3O2S. The molecule has 0 spiro atoms. The Morgan fingerprint density at radius 3 is 2.68 bits per heavy atom. The van der Waals surface area contributed by atoms with E-state index in [1.54, 1.807) is 6.07 Å². The summed E-state index contributed by atoms with van der Waals surface area (Å²) in [7, 11) is -2.97. The van der Waals surface area contributed by atoms with Crippen molar-refractivity contribution >= 4 is 39.8 Å². The topological polar surface area (TPSA) is 70.6 Å². The second-order valence-corrected chi connectivity index (χ2v) is 8.66. The van der Waals surface area contributed by atoms with Gasteiger partial charge in [0.1, 0.15) is 15.7 Å². The Kier molecular flexibility index (Phi) is 8.59. The van der Waals surface area contributed by atoms with Gasteiger partial charge >= 0.3 is 0 Å². The fourth-order valence-electron chi connectivity index (χ4n) is 2.64. The van der Waals surface area contributed by atoms with Gasteiger partial charge in [-0.3, -0.25) is 4.99 Å². The largest absolute Gasteiger partial charge is 0.354 e. The van der Waals surface area contributed by atoms with E-state index in [-0.39, 0.29) is 53.5 Å². The molecule has 8 heteroatoms. The molecule has 0 heterocycles. The van der Waals surface area contributed by atoms with Crippen molar-refractivity contribution in [2.45, 2.75) is 44.7 Å². The van der Waals surface area contributed by atoms with Gasteiger partial charge in [-0.1, -0.05) is 18.2 Å². The van der Waals surface area contributed by atoms with Crippen molar-refractivity contribution in [3.05, 3.63) is 35.6 Å². The summed E-state index contributed by atoms with van der Waals surface area (Å²) in [5.74, 6) is 0.779. The van der Waals surface area contributed by atoms with Crippen molar-refractivity contribution in [3.8, 4) is 0 Å². The van der Waals surface area contributed by atoms with Crippen LogP contribution in [0.5, 0.6) is 0 Å². The molecule has 2 rings (SSSR count). The standard InChI is InChI=1S/C17H26FN3O2S.HI/c1-4-19-17(20-12(2)9-10-24(3,22)23)21-16-11-14(16)13-7-5-6-8-15(13)18;/h5-8,12,14,16H,4,9-11H2,1-3H3,(H2,19,20,21);1H. The molecule has 0 aliphatic heterocycles. The maximum absolute atomic E-state index is 13.8. The van der Waals surface area contributed by atoms with E-state index in [1.165, 1.54) is 12.3 Å². The van der Waals surface area contributed by atoms with E-state index in [0.29, 0.717) is 18.9 Å². The maximum atomic E-state index is 13.8. The van der Waals surface area contributed by atoms with Gasteiger partial charge in [0.05, 0.1) is 5.75 Å². The summed E-state index contributed by atoms with van der Waals surface area (Å²) in [5.41, 5.74) is 0.732. The van der Waals surface area contributed by atoms with Gasteiger partial charge in [-0.15, -0.1) is 24.0 Å². The highest BCUT2D eigenvalue weighted by atomic mass is 127. The van der Waals surface area contributed by atoms with Gasteiger partial charge in [0.15, 0.2) is 5.96 Å². The summed E-state index contributed by atoms with van der Waals surface area (Å²) < 4.78 is 36.3. The summed E-state index contributed by atoms with van der Waals surface area (Å²) >= 11 is 0. The van der Waals surface area contributed by atoms with Crippen LogP contribution < -0.4 is 10.6 Å². The van der Waals surface area contributed by atoms with Gasteiger partial charge < -0.3 is 10.6 Å². The molecule has 0 radical (unpaired) electrons. The summed E-state index contributed by atoms with van der Waals surface area (Å²) in [4.78, 5) is 4.39. The predicted octanol–water partition coefficient (Wildman–Crippen LogP) is 2.68. The van der Waals surface area contributed by atoms with Crippen molar-refractivity contribution in [2.24, 2.45) is 4.99 Å². The molecule has 1 fully saturated rings. The number of nitrogens with zero attached hydrogens (tertiary/aromatic N) is 1. The molecule has 25 heavy (non-hydrogen) atoms. The Hall–Kier alpha value is -0.900. The third kappa shape index (κ3) is 7.47. The first-order chi connectivity index (χ1) is 11.3. The van der Waals surface area contributed by atoms with E-state index >= 15 is 0 Å². The van der Waals surface area contributed by atoms with Crippen LogP contribution in [-0.2, 0) is 9.84 Å². The van der Waals surface area contributed by atoms with Crippen LogP contribution in [0.15, 0.2) is 29.3 Å². The molecule has 3 atom stereocenters. The van der Waals surface area contributed by atoms with Crippen LogP contribution in [0.25, 0.3) is 0 Å². The van der Waals surface area contributed by atoms with Crippen LogP contribution in [0.3, 0.4) is 0 Å². The molecular weight excluding hydrogens is 456 g/mol. The van der Waals surface area contributed by atoms with E-state index < -0.39 is 9.84 Å². The minimum Gasteiger partial charge on any atom is -0.354 e. The Morgan fingerprint density at radius 1 is 1.40 bits per heavy atom. The molecule has 1 aromatic rings. The Labute approximate surface area is 166 Å². The number of hydrogen-bond acceptors (Lipinski definition) is 3. The van der Waals surface area contributed by atoms with Crippen LogP contribution in [0.2, 0.25) is 0 Å². The summed E-state index contributed by atoms with van der Waals surface area (Å²) in [5, 5.41) is 6.55. The number of rotatable bonds is 7. The average molecular weight is 483 g/mol. The molecule has 2 N–H and O–H groups in total. The van der Waals surface area contributed by atoms with Gasteiger partial charge in [-0.05, 0) is 38.3 Å². The second-order valence-electron chi connectivity index (χ2n) is 6.40. The van der Waals surface area contributed by atoms with Crippen molar-refractivity contribution in [3.63, 3.8) is 0 Å². The monoisotopic (exact) mass is 483 g/mol. The SMILES string of the molecule is CCN=C(NC(C)CCS(C)(=O)=O)NC1CC1c1ccccc1F.I. The molecule has 0 bridgehead atoms. The van der Waals surface area contributed by atoms with E-state index in [2.05, 4.69) is 15.6 Å². The van der Waals surface area contributed by atoms with Crippen molar-refractivity contribution < 1.29 is 12.8 Å². The molecule has 0 aromatic heterocycles. The van der Waals surface area contributed by atoms with Gasteiger partial charge in [0.2, 0.25) is 0 Å². The molecule has 5 nitrogen and oxygen atoms in total. The number of halogens is 2. The number of hydrogen-bond donors (Lipinski definition) is 2. The zero-order chi connectivity index (χ0) is 17.7. The zero-order valence-electron chi connectivity index (χ0n) is 14.8. The molecule has 0 amide bonds. The fraction of sp³-hybridized carbons (Fsp3) is 0.588. The van der Waals surface area contributed by atoms with Crippen LogP contribution in [0, 0.1) is 5.82 Å². The Bertz CT molecular complexity index is 697. The average Bonchev–Trinajstić information content (AvgIpc) is 3.24. The molecule has 3 unspecified atom stereocenters. The summed E-state index contributed by atoms with van der Waals surface area (Å²) in [6, 6.07) is 6.99. The molecule has 142 valence electrons. The third-order valence-electron chi connectivity index (χ3n) is 4.04. The number of aliphatic imine (C=N–C) groups is 1. The lowest BCUT2D eigenvalue weighted by Crippen LogP contribution is -2.44. The normalized spacial score (nSPS) is 21.2. The number of benzene rings is 1. The van der Waals surface area contributed by atoms with Crippen molar-refractivity contribution in [1.82, 2.24) is 10.6 Å². The first kappa shape index (κ1) is 22.1. The molecule has 1 aliphatic carbocycles. The fourth-order valence-corrected chi connectivity index (χ4v) is 3.42. The van der Waals surface area contributed by atoms with E-state index in [1.807, 2.05) is 26.0 Å². The van der Waals surface area contributed by atoms with E-state index in [9.17, 15) is 12.8 Å². The highest BCUT2D eigenvalue weighted by molar-refractivity contribution is 14.0. The van der Waals surface area contributed by atoms with Crippen LogP contribution in [0.1, 0.15) is 38.2 Å². The van der Waals surface area contributed by atoms with Crippen molar-refractivity contribution in [1.29, 1.82) is 0 Å². The molecule has 1 aromatic carbocycles. The highest BCUT2D eigenvalue weighted by Gasteiger charge is 2.40. The first-order valence-electron chi connectivity index (χ1n) is 8.29. The molecule has 0 saturated heterocycles. The number of nitrogens with one attached hydrogen (secondary N) is 2. The smallest absolute Gasteiger partial charge is 0.191 e. The summed E-state index contributed by atoms with van der Waals surface area (Å²) in [6.07, 6.45) is 2.62. The van der Waals surface area contributed by atoms with Crippen molar-refractivity contribution in [2.75, 3.05) is 18.6 Å². The third-order valence-corrected chi connectivity index (χ3v) is 5.02. The van der Waals surface area contributed by atoms with Gasteiger partial charge in [-0.25, -0.2) is 12.8 Å². The van der Waals surface area contributed by atoms with E-state index in [4.69, 9.17) is 0 Å². The van der Waals surface area contributed by atoms with E-state index in [0.717, 1.165) is 12.0 Å².